The van der Waals surface area contributed by atoms with Gasteiger partial charge in [-0.3, -0.25) is 14.7 Å². The Hall–Kier alpha value is -3.29. The lowest BCUT2D eigenvalue weighted by Crippen LogP contribution is -2.41. The zero-order valence-electron chi connectivity index (χ0n) is 16.9. The minimum absolute atomic E-state index is 0.143. The molecule has 4 aromatic rings. The molecule has 31 heavy (non-hydrogen) atoms. The normalized spacial score (nSPS) is 16.5. The van der Waals surface area contributed by atoms with E-state index in [9.17, 15) is 14.7 Å². The number of likely N-dealkylation sites (N-methyl/N-ethyl adjacent to an activating group) is 1. The van der Waals surface area contributed by atoms with Crippen molar-refractivity contribution in [1.29, 1.82) is 0 Å². The zero-order chi connectivity index (χ0) is 21.7. The van der Waals surface area contributed by atoms with Crippen molar-refractivity contribution < 1.29 is 5.11 Å². The minimum Gasteiger partial charge on any atom is -0.494 e. The number of rotatable bonds is 3. The number of halogens is 1. The number of aromatic amines is 2. The summed E-state index contributed by atoms with van der Waals surface area (Å²) in [6.07, 6.45) is 0.833. The van der Waals surface area contributed by atoms with Gasteiger partial charge in [-0.1, -0.05) is 36.7 Å². The summed E-state index contributed by atoms with van der Waals surface area (Å²) in [5, 5.41) is 12.8. The van der Waals surface area contributed by atoms with Gasteiger partial charge in [0.15, 0.2) is 0 Å². The SMILES string of the molecule is CCN1CCc2c([nH]c3ccccc23)C1c1c(O)n(-c2ccc(Cl)cc2)c(=O)[nH]c1=O. The molecule has 2 aromatic carbocycles. The van der Waals surface area contributed by atoms with Crippen LogP contribution in [-0.4, -0.2) is 37.6 Å². The largest absolute Gasteiger partial charge is 0.494 e. The molecule has 0 saturated heterocycles. The zero-order valence-corrected chi connectivity index (χ0v) is 17.6. The number of nitrogens with one attached hydrogen (secondary N) is 2. The molecule has 1 unspecified atom stereocenters. The third-order valence-electron chi connectivity index (χ3n) is 6.02. The summed E-state index contributed by atoms with van der Waals surface area (Å²) in [7, 11) is 0. The van der Waals surface area contributed by atoms with E-state index in [4.69, 9.17) is 11.6 Å². The number of H-pyrrole nitrogens is 2. The van der Waals surface area contributed by atoms with Crippen molar-refractivity contribution in [2.24, 2.45) is 0 Å². The second-order valence-electron chi connectivity index (χ2n) is 7.65. The Morgan fingerprint density at radius 2 is 1.84 bits per heavy atom. The van der Waals surface area contributed by atoms with E-state index in [1.165, 1.54) is 0 Å². The van der Waals surface area contributed by atoms with Gasteiger partial charge in [-0.2, -0.15) is 0 Å². The number of benzene rings is 2. The van der Waals surface area contributed by atoms with Crippen LogP contribution in [-0.2, 0) is 6.42 Å². The van der Waals surface area contributed by atoms with Gasteiger partial charge in [-0.15, -0.1) is 0 Å². The lowest BCUT2D eigenvalue weighted by Gasteiger charge is -2.35. The maximum absolute atomic E-state index is 13.0. The molecule has 8 heteroatoms. The molecule has 1 aliphatic heterocycles. The topological polar surface area (TPSA) is 94.1 Å². The highest BCUT2D eigenvalue weighted by Gasteiger charge is 2.35. The van der Waals surface area contributed by atoms with Crippen molar-refractivity contribution in [3.63, 3.8) is 0 Å². The average molecular weight is 437 g/mol. The van der Waals surface area contributed by atoms with Crippen LogP contribution in [0.2, 0.25) is 5.02 Å². The Morgan fingerprint density at radius 3 is 2.58 bits per heavy atom. The first-order valence-electron chi connectivity index (χ1n) is 10.2. The predicted octanol–water partition coefficient (Wildman–Crippen LogP) is 3.33. The number of nitrogens with zero attached hydrogens (tertiary/aromatic N) is 2. The lowest BCUT2D eigenvalue weighted by atomic mass is 9.93. The lowest BCUT2D eigenvalue weighted by molar-refractivity contribution is 0.215. The first-order chi connectivity index (χ1) is 15.0. The van der Waals surface area contributed by atoms with E-state index < -0.39 is 17.3 Å². The minimum atomic E-state index is -0.704. The Morgan fingerprint density at radius 1 is 1.10 bits per heavy atom. The molecule has 3 heterocycles. The molecule has 0 saturated carbocycles. The fraction of sp³-hybridized carbons (Fsp3) is 0.217. The van der Waals surface area contributed by atoms with E-state index in [1.807, 2.05) is 25.1 Å². The molecule has 1 aliphatic rings. The maximum atomic E-state index is 13.0. The van der Waals surface area contributed by atoms with Gasteiger partial charge in [0.05, 0.1) is 11.7 Å². The van der Waals surface area contributed by atoms with Crippen LogP contribution in [0.3, 0.4) is 0 Å². The number of para-hydroxylation sites is 1. The summed E-state index contributed by atoms with van der Waals surface area (Å²) in [4.78, 5) is 33.6. The van der Waals surface area contributed by atoms with Gasteiger partial charge in [0.25, 0.3) is 5.56 Å². The Balaban J connectivity index is 1.78. The van der Waals surface area contributed by atoms with Crippen LogP contribution in [0.4, 0.5) is 0 Å². The second kappa shape index (κ2) is 7.44. The molecule has 1 atom stereocenters. The third kappa shape index (κ3) is 3.08. The first-order valence-corrected chi connectivity index (χ1v) is 10.5. The van der Waals surface area contributed by atoms with Crippen LogP contribution in [0.5, 0.6) is 5.88 Å². The van der Waals surface area contributed by atoms with Gasteiger partial charge in [-0.25, -0.2) is 9.36 Å². The fourth-order valence-electron chi connectivity index (χ4n) is 4.57. The average Bonchev–Trinajstić information content (AvgIpc) is 3.14. The molecular weight excluding hydrogens is 416 g/mol. The monoisotopic (exact) mass is 436 g/mol. The summed E-state index contributed by atoms with van der Waals surface area (Å²) >= 11 is 5.97. The number of aromatic hydroxyl groups is 1. The molecule has 5 rings (SSSR count). The number of aromatic nitrogens is 3. The van der Waals surface area contributed by atoms with Gasteiger partial charge < -0.3 is 10.1 Å². The van der Waals surface area contributed by atoms with Crippen molar-refractivity contribution in [3.05, 3.63) is 91.2 Å². The van der Waals surface area contributed by atoms with Gasteiger partial charge in [-0.05, 0) is 48.9 Å². The van der Waals surface area contributed by atoms with Crippen molar-refractivity contribution in [1.82, 2.24) is 19.4 Å². The van der Waals surface area contributed by atoms with Crippen LogP contribution in [0.25, 0.3) is 16.6 Å². The summed E-state index contributed by atoms with van der Waals surface area (Å²) in [5.74, 6) is -0.369. The van der Waals surface area contributed by atoms with E-state index in [0.29, 0.717) is 17.3 Å². The summed E-state index contributed by atoms with van der Waals surface area (Å²) < 4.78 is 1.11. The molecule has 158 valence electrons. The van der Waals surface area contributed by atoms with Crippen LogP contribution in [0.15, 0.2) is 58.1 Å². The molecule has 2 aromatic heterocycles. The van der Waals surface area contributed by atoms with Gasteiger partial charge in [0, 0.05) is 28.2 Å². The van der Waals surface area contributed by atoms with Crippen LogP contribution < -0.4 is 11.2 Å². The van der Waals surface area contributed by atoms with E-state index in [0.717, 1.165) is 39.7 Å². The van der Waals surface area contributed by atoms with Crippen LogP contribution in [0.1, 0.15) is 29.8 Å². The quantitative estimate of drug-likeness (QED) is 0.459. The fourth-order valence-corrected chi connectivity index (χ4v) is 4.70. The molecule has 0 radical (unpaired) electrons. The van der Waals surface area contributed by atoms with E-state index in [1.54, 1.807) is 24.3 Å². The smallest absolute Gasteiger partial charge is 0.335 e. The molecule has 0 aliphatic carbocycles. The number of hydrogen-bond donors (Lipinski definition) is 3. The maximum Gasteiger partial charge on any atom is 0.335 e. The highest BCUT2D eigenvalue weighted by atomic mass is 35.5. The van der Waals surface area contributed by atoms with Crippen LogP contribution >= 0.6 is 11.6 Å². The first kappa shape index (κ1) is 19.7. The van der Waals surface area contributed by atoms with Gasteiger partial charge in [0.1, 0.15) is 5.56 Å². The predicted molar refractivity (Wildman–Crippen MR) is 120 cm³/mol. The number of fused-ring (bicyclic) bond motifs is 3. The van der Waals surface area contributed by atoms with Gasteiger partial charge >= 0.3 is 5.69 Å². The molecule has 0 amide bonds. The van der Waals surface area contributed by atoms with Crippen molar-refractivity contribution >= 4 is 22.5 Å². The van der Waals surface area contributed by atoms with E-state index in [-0.39, 0.29) is 11.4 Å². The van der Waals surface area contributed by atoms with Crippen molar-refractivity contribution in [2.45, 2.75) is 19.4 Å². The molecule has 0 spiro atoms. The Kier molecular flexibility index (Phi) is 4.72. The third-order valence-corrected chi connectivity index (χ3v) is 6.27. The Labute approximate surface area is 182 Å². The Bertz CT molecular complexity index is 1400. The molecule has 7 nitrogen and oxygen atoms in total. The van der Waals surface area contributed by atoms with E-state index in [2.05, 4.69) is 20.9 Å². The summed E-state index contributed by atoms with van der Waals surface area (Å²) in [6.45, 7) is 3.43. The molecular formula is C23H21ClN4O3. The van der Waals surface area contributed by atoms with E-state index >= 15 is 0 Å². The highest BCUT2D eigenvalue weighted by molar-refractivity contribution is 6.30. The summed E-state index contributed by atoms with van der Waals surface area (Å²) in [6, 6.07) is 14.0. The van der Waals surface area contributed by atoms with Crippen molar-refractivity contribution in [3.8, 4) is 11.6 Å². The summed E-state index contributed by atoms with van der Waals surface area (Å²) in [5.41, 5.74) is 2.25. The molecule has 0 fully saturated rings. The standard InChI is InChI=1S/C23H21ClN4O3/c1-2-27-12-11-16-15-5-3-4-6-17(15)25-19(16)20(27)18-21(29)26-23(31)28(22(18)30)14-9-7-13(24)8-10-14/h3-10,20,25,30H,2,11-12H2,1H3,(H,26,29,31). The highest BCUT2D eigenvalue weighted by Crippen LogP contribution is 2.39. The van der Waals surface area contributed by atoms with Gasteiger partial charge in [0.2, 0.25) is 5.88 Å². The van der Waals surface area contributed by atoms with Crippen LogP contribution in [0, 0.1) is 0 Å². The number of hydrogen-bond acceptors (Lipinski definition) is 4. The van der Waals surface area contributed by atoms with Crippen molar-refractivity contribution in [2.75, 3.05) is 13.1 Å². The molecule has 0 bridgehead atoms. The second-order valence-corrected chi connectivity index (χ2v) is 8.09. The molecule has 3 N–H and O–H groups in total.